The van der Waals surface area contributed by atoms with Crippen LogP contribution in [-0.4, -0.2) is 19.9 Å². The lowest BCUT2D eigenvalue weighted by atomic mass is 9.33. The van der Waals surface area contributed by atoms with Gasteiger partial charge in [0.25, 0.3) is 6.71 Å². The average molecular weight is 801 g/mol. The van der Waals surface area contributed by atoms with Gasteiger partial charge in [0.15, 0.2) is 11.5 Å². The summed E-state index contributed by atoms with van der Waals surface area (Å²) >= 11 is 1.96. The van der Waals surface area contributed by atoms with Crippen molar-refractivity contribution in [3.63, 3.8) is 0 Å². The maximum atomic E-state index is 6.42. The van der Waals surface area contributed by atoms with Crippen LogP contribution in [0.15, 0.2) is 66.7 Å². The van der Waals surface area contributed by atoms with Gasteiger partial charge >= 0.3 is 0 Å². The minimum atomic E-state index is -0.0318. The van der Waals surface area contributed by atoms with Crippen molar-refractivity contribution in [1.29, 1.82) is 0 Å². The van der Waals surface area contributed by atoms with Gasteiger partial charge in [-0.3, -0.25) is 0 Å². The second-order valence-electron chi connectivity index (χ2n) is 20.9. The van der Waals surface area contributed by atoms with E-state index in [4.69, 9.17) is 9.47 Å². The Morgan fingerprint density at radius 3 is 1.80 bits per heavy atom. The van der Waals surface area contributed by atoms with Crippen LogP contribution in [0.5, 0.6) is 11.5 Å². The van der Waals surface area contributed by atoms with Crippen molar-refractivity contribution >= 4 is 78.0 Å². The summed E-state index contributed by atoms with van der Waals surface area (Å²) in [5, 5.41) is 2.70. The van der Waals surface area contributed by atoms with Crippen LogP contribution >= 0.6 is 11.3 Å². The smallest absolute Gasteiger partial charge is 0.254 e. The Bertz CT molecular complexity index is 2700. The van der Waals surface area contributed by atoms with Gasteiger partial charge in [0.05, 0.1) is 16.4 Å². The summed E-state index contributed by atoms with van der Waals surface area (Å²) in [7, 11) is 0. The molecule has 59 heavy (non-hydrogen) atoms. The van der Waals surface area contributed by atoms with E-state index in [1.54, 1.807) is 0 Å². The van der Waals surface area contributed by atoms with Crippen LogP contribution in [0.3, 0.4) is 0 Å². The Morgan fingerprint density at radius 2 is 1.17 bits per heavy atom. The van der Waals surface area contributed by atoms with E-state index in [1.807, 2.05) is 11.3 Å². The van der Waals surface area contributed by atoms with E-state index in [-0.39, 0.29) is 23.0 Å². The van der Waals surface area contributed by atoms with E-state index in [9.17, 15) is 0 Å². The van der Waals surface area contributed by atoms with Crippen molar-refractivity contribution in [3.05, 3.63) is 111 Å². The zero-order chi connectivity index (χ0) is 42.2. The number of hydrogen-bond acceptors (Lipinski definition) is 5. The highest BCUT2D eigenvalue weighted by atomic mass is 32.1. The highest BCUT2D eigenvalue weighted by Gasteiger charge is 2.47. The fraction of sp³-hybridized carbons (Fsp3) is 0.396. The zero-order valence-electron chi connectivity index (χ0n) is 38.0. The largest absolute Gasteiger partial charge is 0.486 e. The molecule has 5 aromatic carbocycles. The fourth-order valence-electron chi connectivity index (χ4n) is 9.86. The van der Waals surface area contributed by atoms with Gasteiger partial charge in [0, 0.05) is 27.3 Å². The van der Waals surface area contributed by atoms with Crippen molar-refractivity contribution in [2.24, 2.45) is 0 Å². The van der Waals surface area contributed by atoms with Gasteiger partial charge in [0.1, 0.15) is 13.2 Å². The first-order valence-corrected chi connectivity index (χ1v) is 22.5. The maximum Gasteiger partial charge on any atom is 0.254 e. The van der Waals surface area contributed by atoms with Gasteiger partial charge < -0.3 is 19.3 Å². The van der Waals surface area contributed by atoms with Gasteiger partial charge in [-0.2, -0.15) is 0 Å². The van der Waals surface area contributed by atoms with Gasteiger partial charge in [0.2, 0.25) is 0 Å². The summed E-state index contributed by atoms with van der Waals surface area (Å²) in [4.78, 5) is 5.27. The molecule has 0 aliphatic carbocycles. The minimum absolute atomic E-state index is 0.0104. The van der Waals surface area contributed by atoms with E-state index in [1.165, 1.54) is 98.9 Å². The van der Waals surface area contributed by atoms with E-state index >= 15 is 0 Å². The molecule has 0 atom stereocenters. The fourth-order valence-corrected chi connectivity index (χ4v) is 11.1. The van der Waals surface area contributed by atoms with Crippen LogP contribution in [0.4, 0.5) is 33.4 Å². The summed E-state index contributed by atoms with van der Waals surface area (Å²) in [6.45, 7) is 35.9. The second kappa shape index (κ2) is 13.4. The number of fused-ring (bicyclic) bond motifs is 7. The lowest BCUT2D eigenvalue weighted by Gasteiger charge is -2.45. The third-order valence-corrected chi connectivity index (χ3v) is 14.3. The second-order valence-corrected chi connectivity index (χ2v) is 22.0. The molecule has 0 N–H and O–H groups in total. The molecule has 0 saturated carbocycles. The molecule has 9 rings (SSSR count). The Hall–Kier alpha value is -4.68. The molecular formula is C53H61BN2O2S. The molecule has 6 heteroatoms. The van der Waals surface area contributed by atoms with Crippen LogP contribution < -0.4 is 35.7 Å². The molecule has 3 aliphatic heterocycles. The van der Waals surface area contributed by atoms with Crippen LogP contribution in [0, 0.1) is 27.7 Å². The van der Waals surface area contributed by atoms with Crippen molar-refractivity contribution in [2.75, 3.05) is 23.0 Å². The van der Waals surface area contributed by atoms with Crippen LogP contribution in [0.1, 0.15) is 127 Å². The molecule has 4 nitrogen and oxygen atoms in total. The van der Waals surface area contributed by atoms with E-state index < -0.39 is 0 Å². The molecular weight excluding hydrogens is 739 g/mol. The predicted molar refractivity (Wildman–Crippen MR) is 256 cm³/mol. The predicted octanol–water partition coefficient (Wildman–Crippen LogP) is 13.0. The third-order valence-electron chi connectivity index (χ3n) is 13.1. The first-order chi connectivity index (χ1) is 27.6. The molecule has 0 amide bonds. The summed E-state index contributed by atoms with van der Waals surface area (Å²) < 4.78 is 14.0. The van der Waals surface area contributed by atoms with E-state index in [0.29, 0.717) is 19.1 Å². The summed E-state index contributed by atoms with van der Waals surface area (Å²) in [5.74, 6) is 2.01. The van der Waals surface area contributed by atoms with Gasteiger partial charge in [-0.05, 0) is 141 Å². The number of hydrogen-bond donors (Lipinski definition) is 0. The number of aryl methyl sites for hydroxylation is 3. The minimum Gasteiger partial charge on any atom is -0.486 e. The molecule has 6 aromatic rings. The van der Waals surface area contributed by atoms with Gasteiger partial charge in [-0.1, -0.05) is 113 Å². The van der Waals surface area contributed by atoms with Gasteiger partial charge in [-0.15, -0.1) is 11.3 Å². The zero-order valence-corrected chi connectivity index (χ0v) is 38.9. The van der Waals surface area contributed by atoms with Crippen LogP contribution in [0.25, 0.3) is 10.1 Å². The topological polar surface area (TPSA) is 24.9 Å². The first kappa shape index (κ1) is 39.8. The average Bonchev–Trinajstić information content (AvgIpc) is 3.53. The standard InChI is InChI=1S/C53H61BN2O2S/c1-29(2)34-25-41-46-42(26-34)56(47-30(3)22-37(23-31(47)4)53(13,14)15)50-45(38-27-35(51(7,8)9)17-19-44(38)59-50)54(46)39-28-36(52(10,11)12)16-18-40(39)55(41)48-32(5)24-43-49(33(48)6)58-21-20-57-43/h16-19,22-29H,20-21H2,1-15H3. The normalized spacial score (nSPS) is 14.9. The molecule has 4 heterocycles. The Balaban J connectivity index is 1.46. The first-order valence-electron chi connectivity index (χ1n) is 21.7. The Labute approximate surface area is 357 Å². The number of anilines is 6. The Morgan fingerprint density at radius 1 is 0.593 bits per heavy atom. The molecule has 0 radical (unpaired) electrons. The molecule has 0 bridgehead atoms. The summed E-state index contributed by atoms with van der Waals surface area (Å²) in [5.41, 5.74) is 20.7. The number of rotatable bonds is 3. The highest BCUT2D eigenvalue weighted by Crippen LogP contribution is 2.53. The van der Waals surface area contributed by atoms with Crippen LogP contribution in [0.2, 0.25) is 0 Å². The number of ether oxygens (including phenoxy) is 2. The number of thiophene rings is 1. The van der Waals surface area contributed by atoms with Gasteiger partial charge in [-0.25, -0.2) is 0 Å². The maximum absolute atomic E-state index is 6.42. The highest BCUT2D eigenvalue weighted by molar-refractivity contribution is 7.26. The Kier molecular flexibility index (Phi) is 9.04. The van der Waals surface area contributed by atoms with Crippen molar-refractivity contribution in [2.45, 2.75) is 126 Å². The number of nitrogens with zero attached hydrogens (tertiary/aromatic N) is 2. The molecule has 3 aliphatic rings. The lowest BCUT2D eigenvalue weighted by Crippen LogP contribution is -2.61. The summed E-state index contributed by atoms with van der Waals surface area (Å²) in [6.07, 6.45) is 0. The third kappa shape index (κ3) is 6.22. The molecule has 304 valence electrons. The van der Waals surface area contributed by atoms with Crippen molar-refractivity contribution in [1.82, 2.24) is 0 Å². The molecule has 0 spiro atoms. The molecule has 0 fully saturated rings. The quantitative estimate of drug-likeness (QED) is 0.166. The van der Waals surface area contributed by atoms with Crippen LogP contribution in [-0.2, 0) is 16.2 Å². The monoisotopic (exact) mass is 800 g/mol. The van der Waals surface area contributed by atoms with Crippen molar-refractivity contribution < 1.29 is 9.47 Å². The molecule has 0 saturated heterocycles. The number of benzene rings is 5. The molecule has 1 aromatic heterocycles. The van der Waals surface area contributed by atoms with E-state index in [0.717, 1.165) is 17.1 Å². The lowest BCUT2D eigenvalue weighted by molar-refractivity contribution is 0.170. The van der Waals surface area contributed by atoms with E-state index in [2.05, 4.69) is 180 Å². The SMILES string of the molecule is Cc1cc(C(C)(C)C)cc(C)c1N1c2cc(C(C)C)cc3c2B(c2cc(C(C)(C)C)ccc2N3c2c(C)cc3c(c2C)OCCO3)c2c1sc1ccc(C(C)(C)C)cc21. The van der Waals surface area contributed by atoms with Crippen molar-refractivity contribution in [3.8, 4) is 11.5 Å². The molecule has 0 unspecified atom stereocenters. The summed E-state index contributed by atoms with van der Waals surface area (Å²) in [6, 6.07) is 26.7.